The monoisotopic (exact) mass is 380 g/mol. The third-order valence-electron chi connectivity index (χ3n) is 4.85. The number of aromatic amines is 1. The molecule has 0 saturated heterocycles. The number of aromatic nitrogens is 4. The highest BCUT2D eigenvalue weighted by Crippen LogP contribution is 2.21. The van der Waals surface area contributed by atoms with Crippen LogP contribution in [0, 0.1) is 0 Å². The highest BCUT2D eigenvalue weighted by Gasteiger charge is 2.10. The van der Waals surface area contributed by atoms with Crippen molar-refractivity contribution in [3.05, 3.63) is 90.3 Å². The van der Waals surface area contributed by atoms with Gasteiger partial charge in [-0.2, -0.15) is 9.97 Å². The average molecular weight is 380 g/mol. The maximum absolute atomic E-state index is 4.66. The van der Waals surface area contributed by atoms with E-state index in [0.29, 0.717) is 24.7 Å². The zero-order valence-electron chi connectivity index (χ0n) is 15.8. The quantitative estimate of drug-likeness (QED) is 0.397. The lowest BCUT2D eigenvalue weighted by Crippen LogP contribution is -2.08. The fourth-order valence-electron chi connectivity index (χ4n) is 3.35. The molecule has 6 nitrogen and oxygen atoms in total. The SMILES string of the molecule is c1ccc(CNc2nc(NCc3ccc4ccccc4c3)nc3nc[nH]c23)cc1. The Bertz CT molecular complexity index is 1260. The number of nitrogens with one attached hydrogen (secondary N) is 3. The Kier molecular flexibility index (Phi) is 4.50. The van der Waals surface area contributed by atoms with E-state index in [-0.39, 0.29) is 0 Å². The van der Waals surface area contributed by atoms with Gasteiger partial charge in [-0.15, -0.1) is 0 Å². The van der Waals surface area contributed by atoms with Gasteiger partial charge in [0, 0.05) is 13.1 Å². The van der Waals surface area contributed by atoms with Crippen LogP contribution in [0.25, 0.3) is 21.9 Å². The Hall–Kier alpha value is -3.93. The van der Waals surface area contributed by atoms with E-state index in [0.717, 1.165) is 11.3 Å². The van der Waals surface area contributed by atoms with Crippen molar-refractivity contribution in [2.75, 3.05) is 10.6 Å². The van der Waals surface area contributed by atoms with Crippen LogP contribution in [-0.2, 0) is 13.1 Å². The molecule has 2 heterocycles. The average Bonchev–Trinajstić information content (AvgIpc) is 3.25. The molecular weight excluding hydrogens is 360 g/mol. The Balaban J connectivity index is 1.36. The number of rotatable bonds is 6. The summed E-state index contributed by atoms with van der Waals surface area (Å²) in [5.74, 6) is 1.28. The van der Waals surface area contributed by atoms with E-state index in [2.05, 4.69) is 85.2 Å². The zero-order valence-corrected chi connectivity index (χ0v) is 15.8. The first-order chi connectivity index (χ1) is 14.3. The second-order valence-corrected chi connectivity index (χ2v) is 6.87. The first-order valence-electron chi connectivity index (χ1n) is 9.56. The summed E-state index contributed by atoms with van der Waals surface area (Å²) in [5, 5.41) is 9.18. The molecule has 29 heavy (non-hydrogen) atoms. The van der Waals surface area contributed by atoms with Crippen molar-refractivity contribution in [2.24, 2.45) is 0 Å². The van der Waals surface area contributed by atoms with Crippen LogP contribution in [0.1, 0.15) is 11.1 Å². The van der Waals surface area contributed by atoms with Gasteiger partial charge in [0.05, 0.1) is 6.33 Å². The second-order valence-electron chi connectivity index (χ2n) is 6.87. The summed E-state index contributed by atoms with van der Waals surface area (Å²) < 4.78 is 0. The van der Waals surface area contributed by atoms with Gasteiger partial charge < -0.3 is 15.6 Å². The van der Waals surface area contributed by atoms with Crippen molar-refractivity contribution in [3.8, 4) is 0 Å². The van der Waals surface area contributed by atoms with Gasteiger partial charge in [0.2, 0.25) is 5.95 Å². The van der Waals surface area contributed by atoms with Gasteiger partial charge >= 0.3 is 0 Å². The number of hydrogen-bond donors (Lipinski definition) is 3. The van der Waals surface area contributed by atoms with Crippen molar-refractivity contribution >= 4 is 33.7 Å². The first-order valence-corrected chi connectivity index (χ1v) is 9.56. The standard InChI is InChI=1S/C23H20N6/c1-2-6-16(7-3-1)13-24-21-20-22(27-15-26-20)29-23(28-21)25-14-17-10-11-18-8-4-5-9-19(18)12-17/h1-12,15H,13-14H2,(H3,24,25,26,27,28,29). The maximum atomic E-state index is 4.66. The number of anilines is 2. The van der Waals surface area contributed by atoms with E-state index in [1.54, 1.807) is 6.33 Å². The Morgan fingerprint density at radius 1 is 0.724 bits per heavy atom. The Morgan fingerprint density at radius 3 is 2.41 bits per heavy atom. The van der Waals surface area contributed by atoms with Gasteiger partial charge in [0.1, 0.15) is 5.52 Å². The highest BCUT2D eigenvalue weighted by molar-refractivity contribution is 5.84. The van der Waals surface area contributed by atoms with Crippen LogP contribution in [0.15, 0.2) is 79.1 Å². The molecule has 0 aliphatic rings. The molecule has 2 aromatic heterocycles. The molecule has 0 unspecified atom stereocenters. The summed E-state index contributed by atoms with van der Waals surface area (Å²) in [6, 6.07) is 25.0. The molecule has 0 saturated carbocycles. The van der Waals surface area contributed by atoms with Gasteiger partial charge in [-0.1, -0.05) is 66.7 Å². The van der Waals surface area contributed by atoms with Crippen LogP contribution in [0.4, 0.5) is 11.8 Å². The predicted octanol–water partition coefficient (Wildman–Crippen LogP) is 4.73. The molecule has 6 heteroatoms. The fraction of sp³-hybridized carbons (Fsp3) is 0.0870. The van der Waals surface area contributed by atoms with Crippen molar-refractivity contribution in [2.45, 2.75) is 13.1 Å². The smallest absolute Gasteiger partial charge is 0.227 e. The third-order valence-corrected chi connectivity index (χ3v) is 4.85. The number of imidazole rings is 1. The molecule has 142 valence electrons. The number of H-pyrrole nitrogens is 1. The maximum Gasteiger partial charge on any atom is 0.227 e. The lowest BCUT2D eigenvalue weighted by atomic mass is 10.1. The minimum Gasteiger partial charge on any atom is -0.364 e. The van der Waals surface area contributed by atoms with Crippen LogP contribution in [-0.4, -0.2) is 19.9 Å². The number of fused-ring (bicyclic) bond motifs is 2. The van der Waals surface area contributed by atoms with E-state index in [4.69, 9.17) is 0 Å². The van der Waals surface area contributed by atoms with Crippen molar-refractivity contribution in [3.63, 3.8) is 0 Å². The number of hydrogen-bond acceptors (Lipinski definition) is 5. The lowest BCUT2D eigenvalue weighted by molar-refractivity contribution is 1.05. The minimum absolute atomic E-state index is 0.549. The Labute approximate surface area is 168 Å². The summed E-state index contributed by atoms with van der Waals surface area (Å²) in [6.45, 7) is 1.31. The van der Waals surface area contributed by atoms with E-state index in [1.165, 1.54) is 21.9 Å². The van der Waals surface area contributed by atoms with Crippen LogP contribution in [0.2, 0.25) is 0 Å². The van der Waals surface area contributed by atoms with Gasteiger partial charge in [0.15, 0.2) is 11.5 Å². The van der Waals surface area contributed by atoms with E-state index < -0.39 is 0 Å². The minimum atomic E-state index is 0.549. The molecule has 3 aromatic carbocycles. The van der Waals surface area contributed by atoms with Gasteiger partial charge in [0.25, 0.3) is 0 Å². The van der Waals surface area contributed by atoms with Crippen LogP contribution in [0.5, 0.6) is 0 Å². The molecule has 0 aliphatic heterocycles. The summed E-state index contributed by atoms with van der Waals surface area (Å²) >= 11 is 0. The normalized spacial score (nSPS) is 11.0. The summed E-state index contributed by atoms with van der Waals surface area (Å²) in [5.41, 5.74) is 3.80. The van der Waals surface area contributed by atoms with Crippen LogP contribution in [0.3, 0.4) is 0 Å². The molecule has 0 aliphatic carbocycles. The van der Waals surface area contributed by atoms with E-state index in [1.807, 2.05) is 18.2 Å². The summed E-state index contributed by atoms with van der Waals surface area (Å²) in [7, 11) is 0. The lowest BCUT2D eigenvalue weighted by Gasteiger charge is -2.10. The molecule has 0 amide bonds. The highest BCUT2D eigenvalue weighted by atomic mass is 15.2. The first kappa shape index (κ1) is 17.2. The molecule has 3 N–H and O–H groups in total. The van der Waals surface area contributed by atoms with Crippen molar-refractivity contribution < 1.29 is 0 Å². The summed E-state index contributed by atoms with van der Waals surface area (Å²) in [4.78, 5) is 16.6. The van der Waals surface area contributed by atoms with E-state index >= 15 is 0 Å². The van der Waals surface area contributed by atoms with Crippen LogP contribution >= 0.6 is 0 Å². The molecule has 0 spiro atoms. The Morgan fingerprint density at radius 2 is 1.52 bits per heavy atom. The second kappa shape index (κ2) is 7.59. The molecule has 0 radical (unpaired) electrons. The summed E-state index contributed by atoms with van der Waals surface area (Å²) in [6.07, 6.45) is 1.64. The van der Waals surface area contributed by atoms with Gasteiger partial charge in [-0.05, 0) is 28.0 Å². The molecule has 0 atom stereocenters. The topological polar surface area (TPSA) is 78.5 Å². The fourth-order valence-corrected chi connectivity index (χ4v) is 3.35. The zero-order chi connectivity index (χ0) is 19.5. The van der Waals surface area contributed by atoms with Gasteiger partial charge in [-0.3, -0.25) is 0 Å². The molecule has 5 aromatic rings. The number of benzene rings is 3. The molecule has 0 bridgehead atoms. The molecule has 5 rings (SSSR count). The predicted molar refractivity (Wildman–Crippen MR) is 117 cm³/mol. The molecule has 0 fully saturated rings. The largest absolute Gasteiger partial charge is 0.364 e. The van der Waals surface area contributed by atoms with Crippen molar-refractivity contribution in [1.29, 1.82) is 0 Å². The van der Waals surface area contributed by atoms with Gasteiger partial charge in [-0.25, -0.2) is 4.98 Å². The van der Waals surface area contributed by atoms with E-state index in [9.17, 15) is 0 Å². The third kappa shape index (κ3) is 3.73. The molecular formula is C23H20N6. The van der Waals surface area contributed by atoms with Crippen molar-refractivity contribution in [1.82, 2.24) is 19.9 Å². The van der Waals surface area contributed by atoms with Crippen LogP contribution < -0.4 is 10.6 Å². The number of nitrogens with zero attached hydrogens (tertiary/aromatic N) is 3.